The predicted molar refractivity (Wildman–Crippen MR) is 118 cm³/mol. The summed E-state index contributed by atoms with van der Waals surface area (Å²) in [6.45, 7) is 3.75. The van der Waals surface area contributed by atoms with Crippen LogP contribution < -0.4 is 14.2 Å². The Morgan fingerprint density at radius 2 is 1.45 bits per heavy atom. The first-order valence-electron chi connectivity index (χ1n) is 10.2. The molecule has 0 radical (unpaired) electrons. The van der Waals surface area contributed by atoms with E-state index >= 15 is 0 Å². The van der Waals surface area contributed by atoms with Crippen LogP contribution in [-0.4, -0.2) is 71.1 Å². The Morgan fingerprint density at radius 1 is 0.903 bits per heavy atom. The molecule has 1 N–H and O–H groups in total. The quantitative estimate of drug-likeness (QED) is 0.630. The first-order chi connectivity index (χ1) is 14.9. The van der Waals surface area contributed by atoms with Crippen LogP contribution in [0.3, 0.4) is 0 Å². The van der Waals surface area contributed by atoms with Crippen LogP contribution in [0.15, 0.2) is 53.4 Å². The Balaban J connectivity index is 1.41. The Bertz CT molecular complexity index is 954. The van der Waals surface area contributed by atoms with Gasteiger partial charge in [-0.05, 0) is 42.0 Å². The fourth-order valence-corrected chi connectivity index (χ4v) is 4.47. The van der Waals surface area contributed by atoms with Gasteiger partial charge in [0.1, 0.15) is 11.5 Å². The molecule has 9 heteroatoms. The average molecular weight is 448 g/mol. The van der Waals surface area contributed by atoms with Crippen LogP contribution in [-0.2, 0) is 21.4 Å². The molecule has 1 saturated heterocycles. The molecule has 3 rings (SSSR count). The van der Waals surface area contributed by atoms with Gasteiger partial charge < -0.3 is 14.4 Å². The average Bonchev–Trinajstić information content (AvgIpc) is 2.80. The highest BCUT2D eigenvalue weighted by atomic mass is 32.2. The minimum Gasteiger partial charge on any atom is -0.497 e. The van der Waals surface area contributed by atoms with E-state index < -0.39 is 10.0 Å². The number of carbonyl (C=O) groups is 1. The SMILES string of the molecule is COc1ccc(CN2CCN(C(=O)CCNS(=O)(=O)c3ccc(OC)cc3)CC2)cc1. The summed E-state index contributed by atoms with van der Waals surface area (Å²) in [6.07, 6.45) is 0.133. The first kappa shape index (κ1) is 23.1. The summed E-state index contributed by atoms with van der Waals surface area (Å²) < 4.78 is 37.4. The molecule has 2 aromatic rings. The van der Waals surface area contributed by atoms with E-state index in [1.54, 1.807) is 24.1 Å². The van der Waals surface area contributed by atoms with Crippen LogP contribution in [0, 0.1) is 0 Å². The van der Waals surface area contributed by atoms with Crippen molar-refractivity contribution in [1.29, 1.82) is 0 Å². The van der Waals surface area contributed by atoms with Crippen molar-refractivity contribution in [2.45, 2.75) is 17.9 Å². The standard InChI is InChI=1S/C22H29N3O5S/c1-29-19-5-3-18(4-6-19)17-24-13-15-25(16-14-24)22(26)11-12-23-31(27,28)21-9-7-20(30-2)8-10-21/h3-10,23H,11-17H2,1-2H3. The third-order valence-electron chi connectivity index (χ3n) is 5.29. The largest absolute Gasteiger partial charge is 0.497 e. The molecule has 2 aromatic carbocycles. The summed E-state index contributed by atoms with van der Waals surface area (Å²) >= 11 is 0. The molecule has 31 heavy (non-hydrogen) atoms. The highest BCUT2D eigenvalue weighted by Crippen LogP contribution is 2.16. The number of sulfonamides is 1. The minimum atomic E-state index is -3.65. The van der Waals surface area contributed by atoms with Gasteiger partial charge in [0, 0.05) is 45.7 Å². The molecule has 168 valence electrons. The zero-order valence-electron chi connectivity index (χ0n) is 17.9. The van der Waals surface area contributed by atoms with Crippen molar-refractivity contribution >= 4 is 15.9 Å². The van der Waals surface area contributed by atoms with Gasteiger partial charge in [-0.1, -0.05) is 12.1 Å². The topological polar surface area (TPSA) is 88.2 Å². The van der Waals surface area contributed by atoms with Gasteiger partial charge in [0.2, 0.25) is 15.9 Å². The van der Waals surface area contributed by atoms with E-state index in [0.29, 0.717) is 18.8 Å². The molecule has 0 aromatic heterocycles. The molecule has 8 nitrogen and oxygen atoms in total. The lowest BCUT2D eigenvalue weighted by Crippen LogP contribution is -2.48. The number of nitrogens with one attached hydrogen (secondary N) is 1. The van der Waals surface area contributed by atoms with Gasteiger partial charge in [-0.3, -0.25) is 9.69 Å². The minimum absolute atomic E-state index is 0.0403. The molecule has 1 heterocycles. The number of amides is 1. The van der Waals surface area contributed by atoms with Crippen molar-refractivity contribution in [2.75, 3.05) is 46.9 Å². The van der Waals surface area contributed by atoms with Crippen molar-refractivity contribution in [1.82, 2.24) is 14.5 Å². The van der Waals surface area contributed by atoms with E-state index in [0.717, 1.165) is 25.4 Å². The summed E-state index contributed by atoms with van der Waals surface area (Å²) in [4.78, 5) is 16.7. The fraction of sp³-hybridized carbons (Fsp3) is 0.409. The summed E-state index contributed by atoms with van der Waals surface area (Å²) in [5.74, 6) is 1.38. The highest BCUT2D eigenvalue weighted by molar-refractivity contribution is 7.89. The lowest BCUT2D eigenvalue weighted by molar-refractivity contribution is -0.132. The van der Waals surface area contributed by atoms with Crippen molar-refractivity contribution in [2.24, 2.45) is 0 Å². The van der Waals surface area contributed by atoms with Gasteiger partial charge in [-0.15, -0.1) is 0 Å². The van der Waals surface area contributed by atoms with Gasteiger partial charge in [0.15, 0.2) is 0 Å². The van der Waals surface area contributed by atoms with Gasteiger partial charge in [-0.2, -0.15) is 0 Å². The first-order valence-corrected chi connectivity index (χ1v) is 11.7. The number of hydrogen-bond donors (Lipinski definition) is 1. The molecule has 1 fully saturated rings. The molecule has 1 aliphatic heterocycles. The molecule has 0 bridgehead atoms. The molecule has 0 saturated carbocycles. The maximum absolute atomic E-state index is 12.5. The Kier molecular flexibility index (Phi) is 7.89. The Morgan fingerprint density at radius 3 is 2.00 bits per heavy atom. The number of piperazine rings is 1. The van der Waals surface area contributed by atoms with Crippen LogP contribution in [0.1, 0.15) is 12.0 Å². The highest BCUT2D eigenvalue weighted by Gasteiger charge is 2.22. The lowest BCUT2D eigenvalue weighted by Gasteiger charge is -2.34. The maximum Gasteiger partial charge on any atom is 0.240 e. The normalized spacial score (nSPS) is 15.0. The van der Waals surface area contributed by atoms with E-state index in [2.05, 4.69) is 9.62 Å². The Labute approximate surface area is 183 Å². The van der Waals surface area contributed by atoms with Gasteiger partial charge in [0.05, 0.1) is 19.1 Å². The lowest BCUT2D eigenvalue weighted by atomic mass is 10.2. The van der Waals surface area contributed by atoms with E-state index in [1.807, 2.05) is 24.3 Å². The second-order valence-corrected chi connectivity index (χ2v) is 9.10. The molecule has 0 unspecified atom stereocenters. The molecule has 1 aliphatic rings. The van der Waals surface area contributed by atoms with Crippen molar-refractivity contribution < 1.29 is 22.7 Å². The van der Waals surface area contributed by atoms with E-state index in [4.69, 9.17) is 9.47 Å². The van der Waals surface area contributed by atoms with E-state index in [9.17, 15) is 13.2 Å². The van der Waals surface area contributed by atoms with Crippen molar-refractivity contribution in [3.63, 3.8) is 0 Å². The van der Waals surface area contributed by atoms with E-state index in [-0.39, 0.29) is 23.8 Å². The number of rotatable bonds is 9. The number of hydrogen-bond acceptors (Lipinski definition) is 6. The Hall–Kier alpha value is -2.62. The fourth-order valence-electron chi connectivity index (χ4n) is 3.43. The maximum atomic E-state index is 12.5. The third kappa shape index (κ3) is 6.43. The smallest absolute Gasteiger partial charge is 0.240 e. The van der Waals surface area contributed by atoms with Crippen LogP contribution in [0.25, 0.3) is 0 Å². The molecular formula is C22H29N3O5S. The molecule has 0 aliphatic carbocycles. The van der Waals surface area contributed by atoms with Crippen LogP contribution >= 0.6 is 0 Å². The van der Waals surface area contributed by atoms with Crippen LogP contribution in [0.2, 0.25) is 0 Å². The van der Waals surface area contributed by atoms with E-state index in [1.165, 1.54) is 24.8 Å². The molecule has 0 spiro atoms. The molecular weight excluding hydrogens is 418 g/mol. The second-order valence-electron chi connectivity index (χ2n) is 7.33. The summed E-state index contributed by atoms with van der Waals surface area (Å²) in [7, 11) is -0.485. The zero-order chi connectivity index (χ0) is 22.3. The monoisotopic (exact) mass is 447 g/mol. The molecule has 0 atom stereocenters. The van der Waals surface area contributed by atoms with Gasteiger partial charge in [0.25, 0.3) is 0 Å². The number of carbonyl (C=O) groups excluding carboxylic acids is 1. The summed E-state index contributed by atoms with van der Waals surface area (Å²) in [5.41, 5.74) is 1.20. The summed E-state index contributed by atoms with van der Waals surface area (Å²) in [6, 6.07) is 14.1. The van der Waals surface area contributed by atoms with Crippen molar-refractivity contribution in [3.8, 4) is 11.5 Å². The number of ether oxygens (including phenoxy) is 2. The second kappa shape index (κ2) is 10.6. The van der Waals surface area contributed by atoms with Crippen LogP contribution in [0.4, 0.5) is 0 Å². The number of benzene rings is 2. The number of methoxy groups -OCH3 is 2. The van der Waals surface area contributed by atoms with Crippen molar-refractivity contribution in [3.05, 3.63) is 54.1 Å². The zero-order valence-corrected chi connectivity index (χ0v) is 18.7. The third-order valence-corrected chi connectivity index (χ3v) is 6.77. The molecule has 1 amide bonds. The number of nitrogens with zero attached hydrogens (tertiary/aromatic N) is 2. The van der Waals surface area contributed by atoms with Gasteiger partial charge >= 0.3 is 0 Å². The summed E-state index contributed by atoms with van der Waals surface area (Å²) in [5, 5.41) is 0. The van der Waals surface area contributed by atoms with Gasteiger partial charge in [-0.25, -0.2) is 13.1 Å². The van der Waals surface area contributed by atoms with Crippen LogP contribution in [0.5, 0.6) is 11.5 Å². The predicted octanol–water partition coefficient (Wildman–Crippen LogP) is 1.72.